The zero-order valence-corrected chi connectivity index (χ0v) is 37.1. The highest BCUT2D eigenvalue weighted by atomic mass is 19.1. The maximum absolute atomic E-state index is 16.5. The summed E-state index contributed by atoms with van der Waals surface area (Å²) in [4.78, 5) is 62.7. The molecule has 0 radical (unpaired) electrons. The number of ether oxygens (including phenoxy) is 1. The maximum atomic E-state index is 16.5. The Hall–Kier alpha value is -6.62. The first-order chi connectivity index (χ1) is 30.7. The monoisotopic (exact) mass is 871 g/mol. The number of hydrogen-bond acceptors (Lipinski definition) is 12. The van der Waals surface area contributed by atoms with Gasteiger partial charge in [-0.3, -0.25) is 24.7 Å². The molecule has 17 heteroatoms. The Bertz CT molecular complexity index is 2730. The topological polar surface area (TPSA) is 178 Å². The van der Waals surface area contributed by atoms with Gasteiger partial charge in [0.2, 0.25) is 5.91 Å². The van der Waals surface area contributed by atoms with E-state index in [4.69, 9.17) is 9.26 Å². The number of nitrogens with one attached hydrogen (secondary N) is 3. The van der Waals surface area contributed by atoms with Crippen LogP contribution in [0, 0.1) is 18.7 Å². The fraction of sp³-hybridized carbons (Fsp3) is 0.426. The summed E-state index contributed by atoms with van der Waals surface area (Å²) in [6.07, 6.45) is 3.97. The third-order valence-electron chi connectivity index (χ3n) is 12.9. The molecule has 0 spiro atoms. The van der Waals surface area contributed by atoms with Gasteiger partial charge in [0.05, 0.1) is 35.4 Å². The van der Waals surface area contributed by atoms with E-state index in [-0.39, 0.29) is 23.2 Å². The van der Waals surface area contributed by atoms with Gasteiger partial charge >= 0.3 is 17.8 Å². The van der Waals surface area contributed by atoms with Crippen molar-refractivity contribution >= 4 is 56.8 Å². The van der Waals surface area contributed by atoms with E-state index in [1.807, 2.05) is 45.0 Å². The minimum atomic E-state index is -0.548. The van der Waals surface area contributed by atoms with Crippen molar-refractivity contribution in [1.29, 1.82) is 0 Å². The van der Waals surface area contributed by atoms with Crippen LogP contribution in [-0.4, -0.2) is 107 Å². The summed E-state index contributed by atoms with van der Waals surface area (Å²) in [5, 5.41) is 10.7. The molecule has 3 fully saturated rings. The van der Waals surface area contributed by atoms with Crippen LogP contribution in [-0.2, 0) is 10.2 Å². The molecule has 9 rings (SSSR count). The highest BCUT2D eigenvalue weighted by Gasteiger charge is 2.29. The van der Waals surface area contributed by atoms with E-state index in [0.717, 1.165) is 92.4 Å². The van der Waals surface area contributed by atoms with E-state index in [2.05, 4.69) is 68.6 Å². The molecular weight excluding hydrogens is 818 g/mol. The van der Waals surface area contributed by atoms with Gasteiger partial charge in [0.1, 0.15) is 23.5 Å². The number of piperidine rings is 1. The lowest BCUT2D eigenvalue weighted by molar-refractivity contribution is -0.120. The number of piperazine rings is 1. The smallest absolute Gasteiger partial charge is 0.328 e. The molecule has 6 aromatic rings. The van der Waals surface area contributed by atoms with Crippen molar-refractivity contribution in [3.63, 3.8) is 0 Å². The second-order valence-corrected chi connectivity index (χ2v) is 18.1. The Morgan fingerprint density at radius 2 is 1.70 bits per heavy atom. The highest BCUT2D eigenvalue weighted by molar-refractivity contribution is 6.13. The second kappa shape index (κ2) is 17.2. The Morgan fingerprint density at radius 1 is 0.969 bits per heavy atom. The molecule has 3 aliphatic rings. The molecule has 16 nitrogen and oxygen atoms in total. The maximum Gasteiger partial charge on any atom is 0.328 e. The summed E-state index contributed by atoms with van der Waals surface area (Å²) < 4.78 is 27.7. The number of aromatic nitrogens is 5. The van der Waals surface area contributed by atoms with Crippen LogP contribution >= 0.6 is 0 Å². The Kier molecular flexibility index (Phi) is 11.4. The molecule has 0 saturated carbocycles. The molecule has 3 saturated heterocycles. The van der Waals surface area contributed by atoms with Gasteiger partial charge in [0, 0.05) is 86.5 Å². The van der Waals surface area contributed by atoms with E-state index < -0.39 is 17.8 Å². The summed E-state index contributed by atoms with van der Waals surface area (Å²) in [5.74, 6) is 0.407. The minimum absolute atomic E-state index is 0.145. The standard InChI is InChI=1S/C47H54FN11O5/c1-27-32(28(2)51-43(61)44-54-45(55-64-44)47(3,4)5)11-12-33(40(27)48)41-39-34-23-37(63-6)36(24-35(34)52-42(39)50-26-49-41)58-21-19-56(20-22-58)25-29-13-16-57(17-14-29)30-7-9-31(10-8-30)59-18-15-38(60)53-46(59)62/h7-12,23-24,26,28-29H,13-22,25H2,1-6H3,(H,51,61)(H,49,50,52)(H,53,60,62)/t28-/m1/s1. The summed E-state index contributed by atoms with van der Waals surface area (Å²) in [7, 11) is 1.67. The molecule has 0 bridgehead atoms. The summed E-state index contributed by atoms with van der Waals surface area (Å²) in [6.45, 7) is 16.3. The third kappa shape index (κ3) is 8.31. The number of urea groups is 1. The number of anilines is 3. The molecule has 6 heterocycles. The number of fused-ring (bicyclic) bond motifs is 3. The number of rotatable bonds is 10. The quantitative estimate of drug-likeness (QED) is 0.130. The van der Waals surface area contributed by atoms with Gasteiger partial charge < -0.3 is 29.4 Å². The lowest BCUT2D eigenvalue weighted by Gasteiger charge is -2.40. The minimum Gasteiger partial charge on any atom is -0.495 e. The van der Waals surface area contributed by atoms with Gasteiger partial charge in [0.25, 0.3) is 0 Å². The predicted molar refractivity (Wildman–Crippen MR) is 242 cm³/mol. The number of benzene rings is 3. The van der Waals surface area contributed by atoms with Crippen LogP contribution < -0.4 is 30.1 Å². The second-order valence-electron chi connectivity index (χ2n) is 18.1. The first kappa shape index (κ1) is 42.7. The average molecular weight is 872 g/mol. The zero-order valence-electron chi connectivity index (χ0n) is 37.1. The van der Waals surface area contributed by atoms with Gasteiger partial charge in [-0.2, -0.15) is 4.98 Å². The number of carbonyl (C=O) groups excluding carboxylic acids is 3. The number of amides is 4. The van der Waals surface area contributed by atoms with Crippen LogP contribution in [0.5, 0.6) is 5.75 Å². The zero-order chi connectivity index (χ0) is 44.9. The molecule has 1 atom stereocenters. The van der Waals surface area contributed by atoms with Crippen molar-refractivity contribution in [2.45, 2.75) is 65.3 Å². The van der Waals surface area contributed by atoms with Crippen molar-refractivity contribution in [3.05, 3.63) is 83.5 Å². The molecule has 3 aromatic heterocycles. The average Bonchev–Trinajstić information content (AvgIpc) is 3.94. The molecule has 334 valence electrons. The normalized spacial score (nSPS) is 17.3. The molecule has 3 aromatic carbocycles. The Balaban J connectivity index is 0.843. The van der Waals surface area contributed by atoms with Crippen LogP contribution in [0.2, 0.25) is 0 Å². The van der Waals surface area contributed by atoms with E-state index in [1.165, 1.54) is 6.33 Å². The fourth-order valence-corrected chi connectivity index (χ4v) is 9.23. The Morgan fingerprint density at radius 3 is 2.39 bits per heavy atom. The molecule has 3 N–H and O–H groups in total. The van der Waals surface area contributed by atoms with Gasteiger partial charge in [-0.05, 0) is 86.2 Å². The summed E-state index contributed by atoms with van der Waals surface area (Å²) >= 11 is 0. The number of carbonyl (C=O) groups is 3. The number of H-pyrrole nitrogens is 1. The molecule has 64 heavy (non-hydrogen) atoms. The first-order valence-electron chi connectivity index (χ1n) is 22.0. The van der Waals surface area contributed by atoms with E-state index in [0.29, 0.717) is 58.1 Å². The molecule has 0 aliphatic carbocycles. The Labute approximate surface area is 370 Å². The predicted octanol–water partition coefficient (Wildman–Crippen LogP) is 6.89. The van der Waals surface area contributed by atoms with Crippen LogP contribution in [0.3, 0.4) is 0 Å². The van der Waals surface area contributed by atoms with E-state index in [9.17, 15) is 14.4 Å². The van der Waals surface area contributed by atoms with E-state index in [1.54, 1.807) is 31.9 Å². The van der Waals surface area contributed by atoms with Crippen molar-refractivity contribution in [2.24, 2.45) is 5.92 Å². The number of imide groups is 1. The van der Waals surface area contributed by atoms with E-state index >= 15 is 4.39 Å². The van der Waals surface area contributed by atoms with Crippen molar-refractivity contribution in [2.75, 3.05) is 74.2 Å². The number of nitrogens with zero attached hydrogens (tertiary/aromatic N) is 8. The van der Waals surface area contributed by atoms with Gasteiger partial charge in [-0.15, -0.1) is 0 Å². The fourth-order valence-electron chi connectivity index (χ4n) is 9.23. The molecule has 4 amide bonds. The van der Waals surface area contributed by atoms with Crippen molar-refractivity contribution in [3.8, 4) is 17.0 Å². The SMILES string of the molecule is COc1cc2c(cc1N1CCN(CC3CCN(c4ccc(N5CCC(=O)NC5=O)cc4)CC3)CC1)[nH]c1ncnc(-c3ccc([C@@H](C)NC(=O)c4nc(C(C)(C)C)no4)c(C)c3F)c12. The van der Waals surface area contributed by atoms with Gasteiger partial charge in [-0.1, -0.05) is 32.0 Å². The van der Waals surface area contributed by atoms with Crippen molar-refractivity contribution in [1.82, 2.24) is 40.6 Å². The number of halogens is 1. The highest BCUT2D eigenvalue weighted by Crippen LogP contribution is 2.41. The third-order valence-corrected chi connectivity index (χ3v) is 12.9. The number of methoxy groups -OCH3 is 1. The number of hydrogen-bond donors (Lipinski definition) is 3. The number of aromatic amines is 1. The van der Waals surface area contributed by atoms with Crippen LogP contribution in [0.25, 0.3) is 33.2 Å². The van der Waals surface area contributed by atoms with Crippen LogP contribution in [0.1, 0.15) is 80.6 Å². The molecular formula is C47H54FN11O5. The van der Waals surface area contributed by atoms with Crippen LogP contribution in [0.4, 0.5) is 26.2 Å². The van der Waals surface area contributed by atoms with Crippen molar-refractivity contribution < 1.29 is 28.0 Å². The largest absolute Gasteiger partial charge is 0.495 e. The summed E-state index contributed by atoms with van der Waals surface area (Å²) in [5.41, 5.74) is 5.77. The van der Waals surface area contributed by atoms with Crippen LogP contribution in [0.15, 0.2) is 59.4 Å². The lowest BCUT2D eigenvalue weighted by atomic mass is 9.95. The molecule has 0 unspecified atom stereocenters. The van der Waals surface area contributed by atoms with Gasteiger partial charge in [-0.25, -0.2) is 19.2 Å². The van der Waals surface area contributed by atoms with Gasteiger partial charge in [0.15, 0.2) is 5.82 Å². The lowest BCUT2D eigenvalue weighted by Crippen LogP contribution is -2.49. The summed E-state index contributed by atoms with van der Waals surface area (Å²) in [6, 6.07) is 14.8. The first-order valence-corrected chi connectivity index (χ1v) is 22.0. The molecule has 3 aliphatic heterocycles.